The summed E-state index contributed by atoms with van der Waals surface area (Å²) >= 11 is 0. The molecule has 2 aromatic heterocycles. The van der Waals surface area contributed by atoms with E-state index < -0.39 is 22.3 Å². The summed E-state index contributed by atoms with van der Waals surface area (Å²) in [6, 6.07) is 5.14. The second-order valence-electron chi connectivity index (χ2n) is 3.94. The molecule has 19 heavy (non-hydrogen) atoms. The van der Waals surface area contributed by atoms with Gasteiger partial charge in [-0.25, -0.2) is 4.98 Å². The number of aromatic nitrogens is 2. The molecule has 1 atom stereocenters. The Bertz CT molecular complexity index is 696. The average Bonchev–Trinajstić information content (AvgIpc) is 2.39. The summed E-state index contributed by atoms with van der Waals surface area (Å²) in [6.45, 7) is 0.263. The van der Waals surface area contributed by atoms with Crippen LogP contribution in [0.25, 0.3) is 5.65 Å². The number of pyridine rings is 1. The molecule has 0 radical (unpaired) electrons. The molecule has 2 rings (SSSR count). The molecule has 1 N–H and O–H groups in total. The second kappa shape index (κ2) is 5.75. The van der Waals surface area contributed by atoms with Crippen LogP contribution in [-0.4, -0.2) is 38.1 Å². The minimum absolute atomic E-state index is 0.0226. The van der Waals surface area contributed by atoms with E-state index in [0.29, 0.717) is 11.4 Å². The average molecular weight is 279 g/mol. The van der Waals surface area contributed by atoms with Crippen LogP contribution in [0.2, 0.25) is 0 Å². The van der Waals surface area contributed by atoms with Gasteiger partial charge in [-0.05, 0) is 12.1 Å². The molecular formula is C12H13N3O3S. The van der Waals surface area contributed by atoms with Crippen LogP contribution in [0.5, 0.6) is 0 Å². The summed E-state index contributed by atoms with van der Waals surface area (Å²) in [6.07, 6.45) is 4.37. The van der Waals surface area contributed by atoms with Crippen molar-refractivity contribution in [2.24, 2.45) is 0 Å². The standard InChI is InChI=1S/C12H13N3O3S/c1-19(18)7-5-13-11(16)9-8-14-10-4-2-3-6-15(10)12(9)17/h2-4,6,8H,5,7H2,1H3,(H,13,16). The van der Waals surface area contributed by atoms with Crippen molar-refractivity contribution < 1.29 is 9.00 Å². The summed E-state index contributed by atoms with van der Waals surface area (Å²) in [7, 11) is -0.980. The molecular weight excluding hydrogens is 266 g/mol. The second-order valence-corrected chi connectivity index (χ2v) is 5.49. The number of nitrogens with zero attached hydrogens (tertiary/aromatic N) is 2. The summed E-state index contributed by atoms with van der Waals surface area (Å²) < 4.78 is 12.2. The van der Waals surface area contributed by atoms with Crippen molar-refractivity contribution >= 4 is 22.4 Å². The van der Waals surface area contributed by atoms with Gasteiger partial charge in [-0.1, -0.05) is 6.07 Å². The number of carbonyl (C=O) groups is 1. The van der Waals surface area contributed by atoms with E-state index in [0.717, 1.165) is 0 Å². The molecule has 0 spiro atoms. The summed E-state index contributed by atoms with van der Waals surface area (Å²) in [5.74, 6) is -0.144. The van der Waals surface area contributed by atoms with Crippen molar-refractivity contribution in [3.8, 4) is 0 Å². The molecule has 0 aliphatic rings. The smallest absolute Gasteiger partial charge is 0.270 e. The molecule has 0 saturated heterocycles. The van der Waals surface area contributed by atoms with Gasteiger partial charge >= 0.3 is 0 Å². The Morgan fingerprint density at radius 3 is 3.00 bits per heavy atom. The van der Waals surface area contributed by atoms with Gasteiger partial charge in [0.25, 0.3) is 11.5 Å². The SMILES string of the molecule is CS(=O)CCNC(=O)c1cnc2ccccn2c1=O. The first-order chi connectivity index (χ1) is 9.09. The monoisotopic (exact) mass is 279 g/mol. The minimum Gasteiger partial charge on any atom is -0.351 e. The quantitative estimate of drug-likeness (QED) is 0.840. The topological polar surface area (TPSA) is 80.5 Å². The zero-order valence-corrected chi connectivity index (χ0v) is 11.1. The van der Waals surface area contributed by atoms with Gasteiger partial charge in [0.1, 0.15) is 11.2 Å². The fraction of sp³-hybridized carbons (Fsp3) is 0.250. The van der Waals surface area contributed by atoms with Crippen LogP contribution >= 0.6 is 0 Å². The highest BCUT2D eigenvalue weighted by Crippen LogP contribution is 1.97. The van der Waals surface area contributed by atoms with Gasteiger partial charge in [0.05, 0.1) is 0 Å². The van der Waals surface area contributed by atoms with E-state index in [-0.39, 0.29) is 12.1 Å². The lowest BCUT2D eigenvalue weighted by molar-refractivity contribution is 0.0954. The lowest BCUT2D eigenvalue weighted by Gasteiger charge is -2.05. The number of hydrogen-bond donors (Lipinski definition) is 1. The maximum atomic E-state index is 12.1. The first kappa shape index (κ1) is 13.4. The highest BCUT2D eigenvalue weighted by Gasteiger charge is 2.12. The van der Waals surface area contributed by atoms with Gasteiger partial charge in [-0.2, -0.15) is 0 Å². The molecule has 100 valence electrons. The molecule has 2 aromatic rings. The van der Waals surface area contributed by atoms with Crippen LogP contribution in [0.3, 0.4) is 0 Å². The molecule has 0 aliphatic heterocycles. The number of hydrogen-bond acceptors (Lipinski definition) is 4. The van der Waals surface area contributed by atoms with E-state index in [1.165, 1.54) is 10.6 Å². The Labute approximate surface area is 111 Å². The van der Waals surface area contributed by atoms with Crippen molar-refractivity contribution in [3.05, 3.63) is 46.5 Å². The van der Waals surface area contributed by atoms with Crippen molar-refractivity contribution in [1.29, 1.82) is 0 Å². The van der Waals surface area contributed by atoms with E-state index in [2.05, 4.69) is 10.3 Å². The summed E-state index contributed by atoms with van der Waals surface area (Å²) in [5.41, 5.74) is 0.0463. The first-order valence-electron chi connectivity index (χ1n) is 5.64. The van der Waals surface area contributed by atoms with Crippen molar-refractivity contribution in [1.82, 2.24) is 14.7 Å². The van der Waals surface area contributed by atoms with Gasteiger partial charge in [-0.3, -0.25) is 18.2 Å². The van der Waals surface area contributed by atoms with Crippen LogP contribution in [0.1, 0.15) is 10.4 Å². The lowest BCUT2D eigenvalue weighted by atomic mass is 10.3. The van der Waals surface area contributed by atoms with E-state index in [1.807, 2.05) is 0 Å². The van der Waals surface area contributed by atoms with Gasteiger partial charge in [0, 0.05) is 41.7 Å². The molecule has 2 heterocycles. The van der Waals surface area contributed by atoms with E-state index in [4.69, 9.17) is 0 Å². The largest absolute Gasteiger partial charge is 0.351 e. The summed E-state index contributed by atoms with van der Waals surface area (Å²) in [5, 5.41) is 2.55. The molecule has 0 aliphatic carbocycles. The predicted octanol–water partition coefficient (Wildman–Crippen LogP) is -0.197. The molecule has 0 saturated carbocycles. The number of amides is 1. The third-order valence-corrected chi connectivity index (χ3v) is 3.31. The molecule has 1 unspecified atom stereocenters. The van der Waals surface area contributed by atoms with Crippen LogP contribution in [-0.2, 0) is 10.8 Å². The molecule has 1 amide bonds. The fourth-order valence-corrected chi connectivity index (χ4v) is 1.98. The maximum absolute atomic E-state index is 12.1. The molecule has 7 heteroatoms. The number of carbonyl (C=O) groups excluding carboxylic acids is 1. The molecule has 0 fully saturated rings. The van der Waals surface area contributed by atoms with Crippen molar-refractivity contribution in [3.63, 3.8) is 0 Å². The van der Waals surface area contributed by atoms with Crippen LogP contribution in [0.4, 0.5) is 0 Å². The Kier molecular flexibility index (Phi) is 4.06. The fourth-order valence-electron chi connectivity index (χ4n) is 1.59. The zero-order valence-electron chi connectivity index (χ0n) is 10.3. The van der Waals surface area contributed by atoms with Crippen LogP contribution in [0, 0.1) is 0 Å². The highest BCUT2D eigenvalue weighted by molar-refractivity contribution is 7.84. The van der Waals surface area contributed by atoms with Gasteiger partial charge in [0.2, 0.25) is 0 Å². The Morgan fingerprint density at radius 2 is 2.26 bits per heavy atom. The normalized spacial score (nSPS) is 12.3. The Hall–Kier alpha value is -2.02. The molecule has 0 aromatic carbocycles. The summed E-state index contributed by atoms with van der Waals surface area (Å²) in [4.78, 5) is 27.9. The van der Waals surface area contributed by atoms with Crippen molar-refractivity contribution in [2.75, 3.05) is 18.6 Å². The number of rotatable bonds is 4. The van der Waals surface area contributed by atoms with E-state index >= 15 is 0 Å². The van der Waals surface area contributed by atoms with Gasteiger partial charge < -0.3 is 5.32 Å². The predicted molar refractivity (Wildman–Crippen MR) is 72.7 cm³/mol. The maximum Gasteiger partial charge on any atom is 0.270 e. The molecule has 0 bridgehead atoms. The number of nitrogens with one attached hydrogen (secondary N) is 1. The first-order valence-corrected chi connectivity index (χ1v) is 7.37. The Morgan fingerprint density at radius 1 is 1.47 bits per heavy atom. The van der Waals surface area contributed by atoms with E-state index in [9.17, 15) is 13.8 Å². The van der Waals surface area contributed by atoms with Crippen LogP contribution in [0.15, 0.2) is 35.4 Å². The molecule has 6 nitrogen and oxygen atoms in total. The van der Waals surface area contributed by atoms with Crippen molar-refractivity contribution in [2.45, 2.75) is 0 Å². The lowest BCUT2D eigenvalue weighted by Crippen LogP contribution is -2.33. The van der Waals surface area contributed by atoms with E-state index in [1.54, 1.807) is 30.7 Å². The highest BCUT2D eigenvalue weighted by atomic mass is 32.2. The third-order valence-electron chi connectivity index (χ3n) is 2.53. The van der Waals surface area contributed by atoms with Crippen LogP contribution < -0.4 is 10.9 Å². The minimum atomic E-state index is -0.980. The van der Waals surface area contributed by atoms with Gasteiger partial charge in [-0.15, -0.1) is 0 Å². The Balaban J connectivity index is 2.25. The zero-order chi connectivity index (χ0) is 13.8. The van der Waals surface area contributed by atoms with Gasteiger partial charge in [0.15, 0.2) is 0 Å². The number of fused-ring (bicyclic) bond motifs is 1. The third kappa shape index (κ3) is 3.05.